The highest BCUT2D eigenvalue weighted by Crippen LogP contribution is 2.23. The third-order valence-electron chi connectivity index (χ3n) is 8.52. The second kappa shape index (κ2) is 26.9. The molecule has 38 heavy (non-hydrogen) atoms. The summed E-state index contributed by atoms with van der Waals surface area (Å²) in [5.74, 6) is 6.37. The van der Waals surface area contributed by atoms with Crippen LogP contribution in [-0.2, 0) is 0 Å². The maximum atomic E-state index is 3.98. The van der Waals surface area contributed by atoms with Gasteiger partial charge >= 0.3 is 0 Å². The molecule has 0 nitrogen and oxygen atoms in total. The molecule has 0 saturated carbocycles. The zero-order chi connectivity index (χ0) is 29.3. The van der Waals surface area contributed by atoms with E-state index >= 15 is 0 Å². The molecular formula is C38H78. The van der Waals surface area contributed by atoms with E-state index in [1.54, 1.807) is 0 Å². The fourth-order valence-corrected chi connectivity index (χ4v) is 5.58. The zero-order valence-electron chi connectivity index (χ0n) is 29.0. The van der Waals surface area contributed by atoms with Crippen molar-refractivity contribution >= 4 is 0 Å². The molecule has 0 fully saturated rings. The number of allylic oxidation sites excluding steroid dienone is 1. The zero-order valence-corrected chi connectivity index (χ0v) is 29.0. The van der Waals surface area contributed by atoms with E-state index in [4.69, 9.17) is 0 Å². The predicted molar refractivity (Wildman–Crippen MR) is 179 cm³/mol. The van der Waals surface area contributed by atoms with Gasteiger partial charge in [0.15, 0.2) is 0 Å². The van der Waals surface area contributed by atoms with Gasteiger partial charge in [-0.1, -0.05) is 178 Å². The van der Waals surface area contributed by atoms with Crippen molar-refractivity contribution in [2.24, 2.45) is 41.4 Å². The Balaban J connectivity index is 0. The first-order valence-electron chi connectivity index (χ1n) is 17.5. The molecule has 0 N–H and O–H groups in total. The van der Waals surface area contributed by atoms with Gasteiger partial charge in [0.25, 0.3) is 0 Å². The van der Waals surface area contributed by atoms with Crippen molar-refractivity contribution in [3.63, 3.8) is 0 Å². The second-order valence-corrected chi connectivity index (χ2v) is 15.1. The van der Waals surface area contributed by atoms with Gasteiger partial charge in [-0.05, 0) is 61.2 Å². The van der Waals surface area contributed by atoms with Crippen molar-refractivity contribution in [2.75, 3.05) is 0 Å². The lowest BCUT2D eigenvalue weighted by atomic mass is 9.91. The molecule has 4 atom stereocenters. The average Bonchev–Trinajstić information content (AvgIpc) is 2.78. The lowest BCUT2D eigenvalue weighted by Gasteiger charge is -2.15. The summed E-state index contributed by atoms with van der Waals surface area (Å²) in [6.07, 6.45) is 25.4. The summed E-state index contributed by atoms with van der Waals surface area (Å²) >= 11 is 0. The van der Waals surface area contributed by atoms with Gasteiger partial charge in [0.1, 0.15) is 0 Å². The molecule has 0 aliphatic heterocycles. The molecule has 0 aliphatic rings. The molecule has 0 rings (SSSR count). The summed E-state index contributed by atoms with van der Waals surface area (Å²) in [6, 6.07) is 0. The Labute approximate surface area is 245 Å². The first-order valence-corrected chi connectivity index (χ1v) is 17.5. The standard InChI is InChI=1S/C19H40.C19H38/c2*1-16(2)10-7-12-18(5)14-9-15-19(6)13-8-11-17(3)4/h16-19H,7-15H2,1-6H3;17-19H,1,7-15H2,2-6H3. The minimum absolute atomic E-state index is 0.875. The summed E-state index contributed by atoms with van der Waals surface area (Å²) in [5.41, 5.74) is 1.34. The van der Waals surface area contributed by atoms with Gasteiger partial charge in [-0.25, -0.2) is 0 Å². The van der Waals surface area contributed by atoms with Crippen LogP contribution in [0.3, 0.4) is 0 Å². The van der Waals surface area contributed by atoms with Crippen LogP contribution in [0.5, 0.6) is 0 Å². The Hall–Kier alpha value is -0.260. The maximum Gasteiger partial charge on any atom is -0.0326 e. The van der Waals surface area contributed by atoms with Gasteiger partial charge in [0, 0.05) is 0 Å². The first kappa shape index (κ1) is 39.9. The molecule has 0 aromatic carbocycles. The third-order valence-corrected chi connectivity index (χ3v) is 8.52. The molecule has 0 saturated heterocycles. The highest BCUT2D eigenvalue weighted by atomic mass is 14.1. The average molecular weight is 535 g/mol. The van der Waals surface area contributed by atoms with Crippen LogP contribution in [0.25, 0.3) is 0 Å². The van der Waals surface area contributed by atoms with Crippen LogP contribution in [0, 0.1) is 41.4 Å². The van der Waals surface area contributed by atoms with Crippen LogP contribution in [0.2, 0.25) is 0 Å². The quantitative estimate of drug-likeness (QED) is 0.108. The lowest BCUT2D eigenvalue weighted by Crippen LogP contribution is -2.00. The first-order chi connectivity index (χ1) is 17.8. The van der Waals surface area contributed by atoms with Crippen molar-refractivity contribution in [3.8, 4) is 0 Å². The molecule has 0 heterocycles. The largest absolute Gasteiger partial charge is 0.100 e. The molecule has 0 amide bonds. The molecule has 230 valence electrons. The normalized spacial score (nSPS) is 14.9. The Kier molecular flexibility index (Phi) is 28.3. The van der Waals surface area contributed by atoms with Crippen LogP contribution in [0.4, 0.5) is 0 Å². The Morgan fingerprint density at radius 3 is 0.789 bits per heavy atom. The van der Waals surface area contributed by atoms with E-state index in [2.05, 4.69) is 82.7 Å². The van der Waals surface area contributed by atoms with Gasteiger partial charge < -0.3 is 0 Å². The van der Waals surface area contributed by atoms with Gasteiger partial charge in [-0.2, -0.15) is 0 Å². The van der Waals surface area contributed by atoms with Crippen LogP contribution < -0.4 is 0 Å². The monoisotopic (exact) mass is 535 g/mol. The number of hydrogen-bond donors (Lipinski definition) is 0. The molecule has 0 radical (unpaired) electrons. The van der Waals surface area contributed by atoms with Gasteiger partial charge in [-0.15, -0.1) is 6.58 Å². The SMILES string of the molecule is C=C(C)CCCC(C)CCCC(C)CCCC(C)C.CC(C)CCCC(C)CCCC(C)CCCC(C)C. The van der Waals surface area contributed by atoms with E-state index in [0.29, 0.717) is 0 Å². The van der Waals surface area contributed by atoms with Crippen molar-refractivity contribution in [1.29, 1.82) is 0 Å². The Bertz CT molecular complexity index is 464. The van der Waals surface area contributed by atoms with Gasteiger partial charge in [0.2, 0.25) is 0 Å². The Morgan fingerprint density at radius 1 is 0.368 bits per heavy atom. The van der Waals surface area contributed by atoms with Gasteiger partial charge in [-0.3, -0.25) is 0 Å². The minimum atomic E-state index is 0.875. The molecule has 0 aromatic heterocycles. The van der Waals surface area contributed by atoms with Crippen LogP contribution in [-0.4, -0.2) is 0 Å². The van der Waals surface area contributed by atoms with E-state index in [-0.39, 0.29) is 0 Å². The molecule has 0 aromatic rings. The van der Waals surface area contributed by atoms with E-state index in [0.717, 1.165) is 41.4 Å². The molecule has 0 heteroatoms. The highest BCUT2D eigenvalue weighted by molar-refractivity contribution is 4.87. The molecular weight excluding hydrogens is 456 g/mol. The Morgan fingerprint density at radius 2 is 0.579 bits per heavy atom. The molecule has 4 unspecified atom stereocenters. The lowest BCUT2D eigenvalue weighted by molar-refractivity contribution is 0.381. The van der Waals surface area contributed by atoms with Crippen molar-refractivity contribution in [1.82, 2.24) is 0 Å². The van der Waals surface area contributed by atoms with E-state index in [1.807, 2.05) is 0 Å². The summed E-state index contributed by atoms with van der Waals surface area (Å²) in [4.78, 5) is 0. The number of rotatable bonds is 24. The molecule has 0 aliphatic carbocycles. The molecule has 0 bridgehead atoms. The van der Waals surface area contributed by atoms with Crippen LogP contribution in [0.1, 0.15) is 192 Å². The highest BCUT2D eigenvalue weighted by Gasteiger charge is 2.08. The summed E-state index contributed by atoms with van der Waals surface area (Å²) in [5, 5.41) is 0. The van der Waals surface area contributed by atoms with Crippen LogP contribution in [0.15, 0.2) is 12.2 Å². The van der Waals surface area contributed by atoms with Crippen LogP contribution >= 0.6 is 0 Å². The smallest absolute Gasteiger partial charge is 0.0326 e. The van der Waals surface area contributed by atoms with Gasteiger partial charge in [0.05, 0.1) is 0 Å². The van der Waals surface area contributed by atoms with E-state index < -0.39 is 0 Å². The fraction of sp³-hybridized carbons (Fsp3) is 0.947. The second-order valence-electron chi connectivity index (χ2n) is 15.1. The minimum Gasteiger partial charge on any atom is -0.100 e. The van der Waals surface area contributed by atoms with Crippen molar-refractivity contribution < 1.29 is 0 Å². The van der Waals surface area contributed by atoms with Crippen molar-refractivity contribution in [3.05, 3.63) is 12.2 Å². The summed E-state index contributed by atoms with van der Waals surface area (Å²) in [6.45, 7) is 29.9. The van der Waals surface area contributed by atoms with E-state index in [1.165, 1.54) is 121 Å². The molecule has 0 spiro atoms. The predicted octanol–water partition coefficient (Wildman–Crippen LogP) is 14.1. The third kappa shape index (κ3) is 33.8. The number of hydrogen-bond acceptors (Lipinski definition) is 0. The fourth-order valence-electron chi connectivity index (χ4n) is 5.58. The van der Waals surface area contributed by atoms with E-state index in [9.17, 15) is 0 Å². The topological polar surface area (TPSA) is 0 Å². The summed E-state index contributed by atoms with van der Waals surface area (Å²) < 4.78 is 0. The maximum absolute atomic E-state index is 3.98. The summed E-state index contributed by atoms with van der Waals surface area (Å²) in [7, 11) is 0. The van der Waals surface area contributed by atoms with Crippen molar-refractivity contribution in [2.45, 2.75) is 192 Å².